The van der Waals surface area contributed by atoms with Crippen molar-refractivity contribution in [3.8, 4) is 0 Å². The molecule has 0 unspecified atom stereocenters. The lowest BCUT2D eigenvalue weighted by Gasteiger charge is -2.17. The Morgan fingerprint density at radius 3 is 0.960 bits per heavy atom. The fourth-order valence-corrected chi connectivity index (χ4v) is 6.61. The molecule has 50 heavy (non-hydrogen) atoms. The Morgan fingerprint density at radius 2 is 0.680 bits per heavy atom. The molecule has 1 aromatic carbocycles. The van der Waals surface area contributed by atoms with E-state index in [1.165, 1.54) is 167 Å². The Bertz CT molecular complexity index is 850. The number of unbranched alkanes of at least 4 members (excludes halogenated alkanes) is 24. The van der Waals surface area contributed by atoms with Gasteiger partial charge in [-0.15, -0.1) is 0 Å². The zero-order valence-electron chi connectivity index (χ0n) is 33.5. The summed E-state index contributed by atoms with van der Waals surface area (Å²) in [5, 5.41) is 0. The summed E-state index contributed by atoms with van der Waals surface area (Å²) in [7, 11) is 4.16. The van der Waals surface area contributed by atoms with Crippen molar-refractivity contribution in [1.82, 2.24) is 9.80 Å². The third-order valence-corrected chi connectivity index (χ3v) is 10.1. The molecule has 0 saturated carbocycles. The lowest BCUT2D eigenvalue weighted by atomic mass is 10.0. The van der Waals surface area contributed by atoms with E-state index >= 15 is 0 Å². The molecule has 0 saturated heterocycles. The molecular formula is C44H80N2O4. The van der Waals surface area contributed by atoms with Gasteiger partial charge in [-0.1, -0.05) is 180 Å². The van der Waals surface area contributed by atoms with E-state index in [4.69, 9.17) is 9.47 Å². The van der Waals surface area contributed by atoms with Crippen LogP contribution in [0.15, 0.2) is 24.3 Å². The molecule has 0 heterocycles. The predicted octanol–water partition coefficient (Wildman–Crippen LogP) is 12.0. The molecule has 0 atom stereocenters. The van der Waals surface area contributed by atoms with Gasteiger partial charge in [-0.3, -0.25) is 0 Å². The van der Waals surface area contributed by atoms with Gasteiger partial charge in [0.25, 0.3) is 0 Å². The third kappa shape index (κ3) is 26.8. The second-order valence-electron chi connectivity index (χ2n) is 14.9. The van der Waals surface area contributed by atoms with Crippen molar-refractivity contribution in [2.75, 3.05) is 53.5 Å². The largest absolute Gasteiger partial charge is 0.461 e. The standard InChI is InChI=1S/C44H80N2O4/c1-5-7-9-11-13-15-17-19-21-23-25-27-31-35-45(3)37-39-49-43(47)41-33-29-30-34-42(41)44(48)50-40-38-46(4)36-32-28-26-24-22-20-18-16-14-12-10-8-6-2/h29-30,33-34H,5-28,31-32,35-40H2,1-4H3. The van der Waals surface area contributed by atoms with Crippen molar-refractivity contribution >= 4 is 11.9 Å². The number of carbonyl (C=O) groups excluding carboxylic acids is 2. The number of benzene rings is 1. The van der Waals surface area contributed by atoms with Crippen molar-refractivity contribution in [1.29, 1.82) is 0 Å². The second kappa shape index (κ2) is 34.2. The summed E-state index contributed by atoms with van der Waals surface area (Å²) in [5.41, 5.74) is 0.550. The van der Waals surface area contributed by atoms with Gasteiger partial charge in [0.1, 0.15) is 13.2 Å². The van der Waals surface area contributed by atoms with Gasteiger partial charge in [0, 0.05) is 13.1 Å². The molecule has 290 valence electrons. The first-order chi connectivity index (χ1) is 24.5. The van der Waals surface area contributed by atoms with Crippen LogP contribution in [0.1, 0.15) is 202 Å². The number of carbonyl (C=O) groups is 2. The molecule has 0 bridgehead atoms. The minimum Gasteiger partial charge on any atom is -0.461 e. The second-order valence-corrected chi connectivity index (χ2v) is 14.9. The maximum absolute atomic E-state index is 12.9. The van der Waals surface area contributed by atoms with E-state index in [-0.39, 0.29) is 11.1 Å². The van der Waals surface area contributed by atoms with Crippen LogP contribution in [-0.4, -0.2) is 75.2 Å². The topological polar surface area (TPSA) is 59.1 Å². The van der Waals surface area contributed by atoms with Crippen molar-refractivity contribution in [3.05, 3.63) is 35.4 Å². The van der Waals surface area contributed by atoms with Crippen LogP contribution >= 0.6 is 0 Å². The molecule has 0 amide bonds. The maximum Gasteiger partial charge on any atom is 0.339 e. The van der Waals surface area contributed by atoms with Crippen molar-refractivity contribution < 1.29 is 19.1 Å². The highest BCUT2D eigenvalue weighted by atomic mass is 16.5. The molecular weight excluding hydrogens is 620 g/mol. The molecule has 0 aliphatic rings. The van der Waals surface area contributed by atoms with Gasteiger partial charge < -0.3 is 19.3 Å². The summed E-state index contributed by atoms with van der Waals surface area (Å²) in [6.45, 7) is 8.55. The molecule has 0 radical (unpaired) electrons. The number of ether oxygens (including phenoxy) is 2. The number of nitrogens with zero attached hydrogens (tertiary/aromatic N) is 2. The van der Waals surface area contributed by atoms with Crippen molar-refractivity contribution in [3.63, 3.8) is 0 Å². The first-order valence-electron chi connectivity index (χ1n) is 21.3. The average Bonchev–Trinajstić information content (AvgIpc) is 3.12. The van der Waals surface area contributed by atoms with Gasteiger partial charge in [0.15, 0.2) is 0 Å². The van der Waals surface area contributed by atoms with E-state index in [9.17, 15) is 9.59 Å². The van der Waals surface area contributed by atoms with Gasteiger partial charge in [0.2, 0.25) is 0 Å². The summed E-state index contributed by atoms with van der Waals surface area (Å²) in [5.74, 6) is -0.933. The minimum absolute atomic E-state index is 0.275. The number of hydrogen-bond acceptors (Lipinski definition) is 6. The highest BCUT2D eigenvalue weighted by Gasteiger charge is 2.19. The first kappa shape index (κ1) is 46.1. The molecule has 0 spiro atoms. The molecule has 6 heteroatoms. The van der Waals surface area contributed by atoms with Gasteiger partial charge in [-0.05, 0) is 52.2 Å². The van der Waals surface area contributed by atoms with E-state index in [2.05, 4.69) is 37.7 Å². The normalized spacial score (nSPS) is 11.5. The quantitative estimate of drug-likeness (QED) is 0.0513. The molecule has 1 aromatic rings. The smallest absolute Gasteiger partial charge is 0.339 e. The van der Waals surface area contributed by atoms with Crippen LogP contribution in [0.25, 0.3) is 0 Å². The minimum atomic E-state index is -0.466. The summed E-state index contributed by atoms with van der Waals surface area (Å²) >= 11 is 0. The summed E-state index contributed by atoms with van der Waals surface area (Å²) in [4.78, 5) is 30.2. The molecule has 0 aliphatic heterocycles. The number of likely N-dealkylation sites (N-methyl/N-ethyl adjacent to an activating group) is 2. The summed E-state index contributed by atoms with van der Waals surface area (Å²) in [6, 6.07) is 6.82. The summed E-state index contributed by atoms with van der Waals surface area (Å²) < 4.78 is 11.1. The van der Waals surface area contributed by atoms with E-state index in [1.807, 2.05) is 0 Å². The molecule has 0 aliphatic carbocycles. The lowest BCUT2D eigenvalue weighted by molar-refractivity contribution is 0.0426. The van der Waals surface area contributed by atoms with E-state index in [0.29, 0.717) is 26.3 Å². The monoisotopic (exact) mass is 701 g/mol. The number of esters is 2. The molecule has 6 nitrogen and oxygen atoms in total. The van der Waals surface area contributed by atoms with Gasteiger partial charge in [0.05, 0.1) is 11.1 Å². The predicted molar refractivity (Wildman–Crippen MR) is 213 cm³/mol. The maximum atomic E-state index is 12.9. The first-order valence-corrected chi connectivity index (χ1v) is 21.3. The van der Waals surface area contributed by atoms with Crippen LogP contribution < -0.4 is 0 Å². The Morgan fingerprint density at radius 1 is 0.420 bits per heavy atom. The lowest BCUT2D eigenvalue weighted by Crippen LogP contribution is -2.26. The zero-order valence-corrected chi connectivity index (χ0v) is 33.5. The molecule has 1 rings (SSSR count). The Labute approximate surface area is 309 Å². The molecule has 0 N–H and O–H groups in total. The van der Waals surface area contributed by atoms with Crippen LogP contribution in [0.3, 0.4) is 0 Å². The van der Waals surface area contributed by atoms with Gasteiger partial charge in [-0.25, -0.2) is 9.59 Å². The van der Waals surface area contributed by atoms with Crippen LogP contribution in [0.4, 0.5) is 0 Å². The number of rotatable bonds is 36. The average molecular weight is 701 g/mol. The fraction of sp³-hybridized carbons (Fsp3) is 0.818. The van der Waals surface area contributed by atoms with Gasteiger partial charge >= 0.3 is 11.9 Å². The van der Waals surface area contributed by atoms with Crippen LogP contribution in [0, 0.1) is 0 Å². The molecule has 0 fully saturated rings. The van der Waals surface area contributed by atoms with Crippen LogP contribution in [0.2, 0.25) is 0 Å². The highest BCUT2D eigenvalue weighted by Crippen LogP contribution is 2.15. The highest BCUT2D eigenvalue weighted by molar-refractivity contribution is 6.03. The molecule has 0 aromatic heterocycles. The van der Waals surface area contributed by atoms with E-state index in [0.717, 1.165) is 13.1 Å². The summed E-state index contributed by atoms with van der Waals surface area (Å²) in [6.07, 6.45) is 35.2. The van der Waals surface area contributed by atoms with Gasteiger partial charge in [-0.2, -0.15) is 0 Å². The fourth-order valence-electron chi connectivity index (χ4n) is 6.61. The van der Waals surface area contributed by atoms with Crippen LogP contribution in [0.5, 0.6) is 0 Å². The van der Waals surface area contributed by atoms with Crippen LogP contribution in [-0.2, 0) is 9.47 Å². The van der Waals surface area contributed by atoms with E-state index in [1.54, 1.807) is 24.3 Å². The third-order valence-electron chi connectivity index (χ3n) is 10.1. The Kier molecular flexibility index (Phi) is 31.5. The SMILES string of the molecule is CCCCCCCCCCCCCCCN(C)CCOC(=O)c1ccccc1C(=O)OCCN(C)CCCCCCCCCCCCCCC. The Balaban J connectivity index is 2.10. The number of hydrogen-bond donors (Lipinski definition) is 0. The zero-order chi connectivity index (χ0) is 36.3. The van der Waals surface area contributed by atoms with Crippen molar-refractivity contribution in [2.45, 2.75) is 181 Å². The Hall–Kier alpha value is -1.92. The van der Waals surface area contributed by atoms with Crippen molar-refractivity contribution in [2.24, 2.45) is 0 Å². The van der Waals surface area contributed by atoms with E-state index < -0.39 is 11.9 Å².